The summed E-state index contributed by atoms with van der Waals surface area (Å²) < 4.78 is 16.3. The van der Waals surface area contributed by atoms with E-state index in [9.17, 15) is 9.18 Å². The predicted octanol–water partition coefficient (Wildman–Crippen LogP) is 3.33. The lowest BCUT2D eigenvalue weighted by atomic mass is 10.0. The highest BCUT2D eigenvalue weighted by Gasteiger charge is 2.30. The van der Waals surface area contributed by atoms with Crippen LogP contribution in [0.15, 0.2) is 67.3 Å². The second-order valence-corrected chi connectivity index (χ2v) is 7.51. The molecular formula is C23H21FN6O. The van der Waals surface area contributed by atoms with Crippen LogP contribution in [0.3, 0.4) is 0 Å². The van der Waals surface area contributed by atoms with Gasteiger partial charge in [0.2, 0.25) is 0 Å². The minimum Gasteiger partial charge on any atom is -0.315 e. The Morgan fingerprint density at radius 3 is 2.74 bits per heavy atom. The van der Waals surface area contributed by atoms with Gasteiger partial charge in [0.1, 0.15) is 0 Å². The number of carbonyl (C=O) groups excluding carboxylic acids is 1. The molecule has 1 aromatic carbocycles. The summed E-state index contributed by atoms with van der Waals surface area (Å²) in [6.45, 7) is 1.50. The summed E-state index contributed by atoms with van der Waals surface area (Å²) in [6.07, 6.45) is 8.53. The van der Waals surface area contributed by atoms with Gasteiger partial charge in [0.05, 0.1) is 12.2 Å². The van der Waals surface area contributed by atoms with E-state index in [4.69, 9.17) is 0 Å². The summed E-state index contributed by atoms with van der Waals surface area (Å²) in [4.78, 5) is 23.5. The van der Waals surface area contributed by atoms with Gasteiger partial charge in [0.15, 0.2) is 17.3 Å². The van der Waals surface area contributed by atoms with Gasteiger partial charge in [0, 0.05) is 36.3 Å². The molecule has 4 aromatic rings. The Morgan fingerprint density at radius 1 is 1.13 bits per heavy atom. The van der Waals surface area contributed by atoms with Crippen LogP contribution < -0.4 is 10.2 Å². The highest BCUT2D eigenvalue weighted by molar-refractivity contribution is 6.06. The monoisotopic (exact) mass is 416 g/mol. The highest BCUT2D eigenvalue weighted by Crippen LogP contribution is 2.27. The number of benzene rings is 1. The Morgan fingerprint density at radius 2 is 1.97 bits per heavy atom. The predicted molar refractivity (Wildman–Crippen MR) is 115 cm³/mol. The zero-order chi connectivity index (χ0) is 21.2. The summed E-state index contributed by atoms with van der Waals surface area (Å²) in [5, 5.41) is 7.61. The second kappa shape index (κ2) is 8.23. The fourth-order valence-electron chi connectivity index (χ4n) is 4.01. The van der Waals surface area contributed by atoms with Crippen LogP contribution in [-0.4, -0.2) is 44.6 Å². The number of hydrogen-bond acceptors (Lipinski definition) is 5. The number of nitrogens with zero attached hydrogens (tertiary/aromatic N) is 5. The van der Waals surface area contributed by atoms with E-state index in [0.29, 0.717) is 12.1 Å². The van der Waals surface area contributed by atoms with Gasteiger partial charge in [0.25, 0.3) is 5.91 Å². The molecule has 1 amide bonds. The summed E-state index contributed by atoms with van der Waals surface area (Å²) in [7, 11) is 0. The van der Waals surface area contributed by atoms with Crippen molar-refractivity contribution in [2.75, 3.05) is 18.0 Å². The molecule has 1 fully saturated rings. The number of piperidine rings is 1. The minimum atomic E-state index is -0.504. The number of halogens is 1. The van der Waals surface area contributed by atoms with Crippen molar-refractivity contribution in [2.24, 2.45) is 0 Å². The van der Waals surface area contributed by atoms with Crippen molar-refractivity contribution in [3.63, 3.8) is 0 Å². The van der Waals surface area contributed by atoms with Crippen molar-refractivity contribution in [2.45, 2.75) is 18.9 Å². The fraction of sp³-hybridized carbons (Fsp3) is 0.217. The van der Waals surface area contributed by atoms with E-state index in [1.807, 2.05) is 24.4 Å². The largest absolute Gasteiger partial charge is 0.315 e. The maximum Gasteiger partial charge on any atom is 0.259 e. The van der Waals surface area contributed by atoms with Crippen LogP contribution in [0.25, 0.3) is 16.8 Å². The van der Waals surface area contributed by atoms with Gasteiger partial charge in [-0.15, -0.1) is 0 Å². The van der Waals surface area contributed by atoms with Gasteiger partial charge in [-0.25, -0.2) is 18.9 Å². The standard InChI is InChI=1S/C23H21FN6O/c24-20-5-2-11-27-22(20)30(18-4-1-10-25-14-18)23(31)17-8-6-16(7-9-17)19-15-28-29-13-3-12-26-21(19)29/h2-3,5-9,11-13,15,18,25H,1,4,10,14H2/t18-/m1/s1. The summed E-state index contributed by atoms with van der Waals surface area (Å²) in [6, 6.07) is 11.8. The number of amides is 1. The van der Waals surface area contributed by atoms with E-state index in [2.05, 4.69) is 20.4 Å². The molecule has 0 unspecified atom stereocenters. The third-order valence-electron chi connectivity index (χ3n) is 5.54. The van der Waals surface area contributed by atoms with E-state index in [1.54, 1.807) is 29.0 Å². The number of anilines is 1. The Hall–Kier alpha value is -3.65. The average molecular weight is 416 g/mol. The molecule has 5 rings (SSSR count). The van der Waals surface area contributed by atoms with Crippen LogP contribution >= 0.6 is 0 Å². The van der Waals surface area contributed by atoms with Crippen molar-refractivity contribution >= 4 is 17.4 Å². The molecule has 1 saturated heterocycles. The molecule has 0 spiro atoms. The number of hydrogen-bond donors (Lipinski definition) is 1. The van der Waals surface area contributed by atoms with Crippen molar-refractivity contribution in [1.82, 2.24) is 24.9 Å². The van der Waals surface area contributed by atoms with E-state index < -0.39 is 5.82 Å². The van der Waals surface area contributed by atoms with Crippen LogP contribution in [0, 0.1) is 5.82 Å². The smallest absolute Gasteiger partial charge is 0.259 e. The normalized spacial score (nSPS) is 16.4. The molecule has 8 heteroatoms. The van der Waals surface area contributed by atoms with Crippen LogP contribution in [0.5, 0.6) is 0 Å². The molecule has 7 nitrogen and oxygen atoms in total. The lowest BCUT2D eigenvalue weighted by Gasteiger charge is -2.34. The van der Waals surface area contributed by atoms with Crippen molar-refractivity contribution < 1.29 is 9.18 Å². The first-order valence-corrected chi connectivity index (χ1v) is 10.3. The first-order valence-electron chi connectivity index (χ1n) is 10.3. The van der Waals surface area contributed by atoms with E-state index in [1.165, 1.54) is 23.2 Å². The Bertz CT molecular complexity index is 1220. The molecule has 0 radical (unpaired) electrons. The van der Waals surface area contributed by atoms with Crippen LogP contribution in [0.1, 0.15) is 23.2 Å². The molecule has 0 bridgehead atoms. The average Bonchev–Trinajstić information content (AvgIpc) is 3.25. The first-order chi connectivity index (χ1) is 15.2. The number of nitrogens with one attached hydrogen (secondary N) is 1. The molecule has 1 atom stereocenters. The van der Waals surface area contributed by atoms with Crippen LogP contribution in [-0.2, 0) is 0 Å². The number of aromatic nitrogens is 4. The lowest BCUT2D eigenvalue weighted by molar-refractivity contribution is 0.0970. The van der Waals surface area contributed by atoms with Gasteiger partial charge >= 0.3 is 0 Å². The quantitative estimate of drug-likeness (QED) is 0.552. The SMILES string of the molecule is O=C(c1ccc(-c2cnn3cccnc23)cc1)N(c1ncccc1F)[C@@H]1CCCNC1. The lowest BCUT2D eigenvalue weighted by Crippen LogP contribution is -2.49. The Balaban J connectivity index is 1.48. The third kappa shape index (κ3) is 3.66. The maximum absolute atomic E-state index is 14.6. The van der Waals surface area contributed by atoms with E-state index in [-0.39, 0.29) is 17.8 Å². The summed E-state index contributed by atoms with van der Waals surface area (Å²) in [5.74, 6) is -0.705. The van der Waals surface area contributed by atoms with Gasteiger partial charge in [-0.3, -0.25) is 9.69 Å². The minimum absolute atomic E-state index is 0.0668. The number of fused-ring (bicyclic) bond motifs is 1. The zero-order valence-corrected chi connectivity index (χ0v) is 16.8. The number of carbonyl (C=O) groups is 1. The van der Waals surface area contributed by atoms with Crippen molar-refractivity contribution in [3.05, 3.63) is 78.6 Å². The molecule has 1 N–H and O–H groups in total. The van der Waals surface area contributed by atoms with Gasteiger partial charge < -0.3 is 5.32 Å². The number of pyridine rings is 1. The Labute approximate surface area is 178 Å². The van der Waals surface area contributed by atoms with Gasteiger partial charge in [-0.05, 0) is 55.3 Å². The van der Waals surface area contributed by atoms with Crippen molar-refractivity contribution in [3.8, 4) is 11.1 Å². The van der Waals surface area contributed by atoms with Crippen LogP contribution in [0.4, 0.5) is 10.2 Å². The molecule has 4 heterocycles. The zero-order valence-electron chi connectivity index (χ0n) is 16.8. The molecule has 1 aliphatic heterocycles. The van der Waals surface area contributed by atoms with Gasteiger partial charge in [-0.1, -0.05) is 12.1 Å². The maximum atomic E-state index is 14.6. The van der Waals surface area contributed by atoms with Crippen LogP contribution in [0.2, 0.25) is 0 Å². The van der Waals surface area contributed by atoms with Gasteiger partial charge in [-0.2, -0.15) is 5.10 Å². The second-order valence-electron chi connectivity index (χ2n) is 7.51. The molecule has 1 aliphatic rings. The van der Waals surface area contributed by atoms with E-state index in [0.717, 1.165) is 36.2 Å². The molecule has 0 saturated carbocycles. The molecule has 31 heavy (non-hydrogen) atoms. The summed E-state index contributed by atoms with van der Waals surface area (Å²) in [5.41, 5.74) is 3.00. The van der Waals surface area contributed by atoms with Crippen molar-refractivity contribution in [1.29, 1.82) is 0 Å². The highest BCUT2D eigenvalue weighted by atomic mass is 19.1. The molecular weight excluding hydrogens is 395 g/mol. The third-order valence-corrected chi connectivity index (χ3v) is 5.54. The number of rotatable bonds is 4. The molecule has 0 aliphatic carbocycles. The molecule has 156 valence electrons. The Kier molecular flexibility index (Phi) is 5.13. The summed E-state index contributed by atoms with van der Waals surface area (Å²) >= 11 is 0. The molecule has 3 aromatic heterocycles. The first kappa shape index (κ1) is 19.3. The van der Waals surface area contributed by atoms with E-state index >= 15 is 0 Å². The topological polar surface area (TPSA) is 75.4 Å². The fourth-order valence-corrected chi connectivity index (χ4v) is 4.01.